The fourth-order valence-corrected chi connectivity index (χ4v) is 3.50. The number of aryl methyl sites for hydroxylation is 1. The van der Waals surface area contributed by atoms with E-state index in [1.165, 1.54) is 11.3 Å². The highest BCUT2D eigenvalue weighted by Crippen LogP contribution is 2.35. The van der Waals surface area contributed by atoms with E-state index in [2.05, 4.69) is 39.6 Å². The summed E-state index contributed by atoms with van der Waals surface area (Å²) in [5.41, 5.74) is 4.43. The van der Waals surface area contributed by atoms with E-state index in [1.54, 1.807) is 0 Å². The highest BCUT2D eigenvalue weighted by atomic mass is 16.5. The van der Waals surface area contributed by atoms with Crippen LogP contribution in [0.25, 0.3) is 11.3 Å². The number of benzene rings is 2. The minimum Gasteiger partial charge on any atom is -0.360 e. The summed E-state index contributed by atoms with van der Waals surface area (Å²) in [4.78, 5) is 11.7. The van der Waals surface area contributed by atoms with Crippen molar-refractivity contribution < 1.29 is 4.52 Å². The highest BCUT2D eigenvalue weighted by Gasteiger charge is 2.22. The van der Waals surface area contributed by atoms with Gasteiger partial charge in [0.1, 0.15) is 11.6 Å². The van der Waals surface area contributed by atoms with E-state index in [0.29, 0.717) is 11.8 Å². The zero-order chi connectivity index (χ0) is 18.9. The summed E-state index contributed by atoms with van der Waals surface area (Å²) in [6.45, 7) is 2.75. The van der Waals surface area contributed by atoms with Crippen LogP contribution in [-0.4, -0.2) is 21.7 Å². The van der Waals surface area contributed by atoms with Crippen LogP contribution in [0.5, 0.6) is 0 Å². The lowest BCUT2D eigenvalue weighted by Crippen LogP contribution is -2.16. The van der Waals surface area contributed by atoms with Crippen molar-refractivity contribution in [1.29, 1.82) is 0 Å². The molecule has 0 radical (unpaired) electrons. The standard InChI is InChI=1S/C22H19N5O/c1-15-13-20(26-28-15)24-22-23-18(16-7-3-2-4-8-16)14-21(25-22)27-12-11-17-9-5-6-10-19(17)27/h2-10,13-14H,11-12H2,1H3,(H,23,24,25,26). The summed E-state index contributed by atoms with van der Waals surface area (Å²) >= 11 is 0. The molecule has 0 fully saturated rings. The first-order chi connectivity index (χ1) is 13.8. The van der Waals surface area contributed by atoms with Crippen molar-refractivity contribution in [3.63, 3.8) is 0 Å². The lowest BCUT2D eigenvalue weighted by atomic mass is 10.1. The van der Waals surface area contributed by atoms with E-state index in [-0.39, 0.29) is 0 Å². The topological polar surface area (TPSA) is 67.1 Å². The average Bonchev–Trinajstić information content (AvgIpc) is 3.34. The molecule has 0 spiro atoms. The van der Waals surface area contributed by atoms with Crippen LogP contribution in [0, 0.1) is 6.92 Å². The number of aromatic nitrogens is 3. The lowest BCUT2D eigenvalue weighted by Gasteiger charge is -2.20. The molecule has 0 saturated carbocycles. The maximum Gasteiger partial charge on any atom is 0.231 e. The SMILES string of the molecule is Cc1cc(Nc2nc(-c3ccccc3)cc(N3CCc4ccccc43)n2)no1. The van der Waals surface area contributed by atoms with Gasteiger partial charge in [-0.15, -0.1) is 0 Å². The molecule has 0 bridgehead atoms. The van der Waals surface area contributed by atoms with Crippen LogP contribution in [-0.2, 0) is 6.42 Å². The normalized spacial score (nSPS) is 12.8. The molecule has 5 rings (SSSR count). The molecular weight excluding hydrogens is 350 g/mol. The van der Waals surface area contributed by atoms with Gasteiger partial charge in [0, 0.05) is 29.9 Å². The number of anilines is 4. The van der Waals surface area contributed by atoms with Gasteiger partial charge in [-0.2, -0.15) is 4.98 Å². The smallest absolute Gasteiger partial charge is 0.231 e. The van der Waals surface area contributed by atoms with Crippen LogP contribution < -0.4 is 10.2 Å². The van der Waals surface area contributed by atoms with Crippen molar-refractivity contribution in [2.75, 3.05) is 16.8 Å². The fourth-order valence-electron chi connectivity index (χ4n) is 3.50. The fraction of sp³-hybridized carbons (Fsp3) is 0.136. The van der Waals surface area contributed by atoms with E-state index in [4.69, 9.17) is 14.5 Å². The van der Waals surface area contributed by atoms with E-state index in [1.807, 2.05) is 49.4 Å². The van der Waals surface area contributed by atoms with Crippen LogP contribution in [0.15, 0.2) is 71.3 Å². The minimum atomic E-state index is 0.494. The number of fused-ring (bicyclic) bond motifs is 1. The number of para-hydroxylation sites is 1. The number of hydrogen-bond acceptors (Lipinski definition) is 6. The Hall–Kier alpha value is -3.67. The summed E-state index contributed by atoms with van der Waals surface area (Å²) < 4.78 is 5.15. The largest absolute Gasteiger partial charge is 0.360 e. The molecule has 0 unspecified atom stereocenters. The molecule has 0 atom stereocenters. The molecule has 28 heavy (non-hydrogen) atoms. The van der Waals surface area contributed by atoms with Crippen LogP contribution >= 0.6 is 0 Å². The summed E-state index contributed by atoms with van der Waals surface area (Å²) in [7, 11) is 0. The van der Waals surface area contributed by atoms with Crippen molar-refractivity contribution in [1.82, 2.24) is 15.1 Å². The summed E-state index contributed by atoms with van der Waals surface area (Å²) in [6.07, 6.45) is 1.01. The first-order valence-electron chi connectivity index (χ1n) is 9.26. The van der Waals surface area contributed by atoms with Gasteiger partial charge in [0.25, 0.3) is 0 Å². The van der Waals surface area contributed by atoms with E-state index in [0.717, 1.165) is 35.8 Å². The van der Waals surface area contributed by atoms with Gasteiger partial charge in [-0.3, -0.25) is 0 Å². The zero-order valence-electron chi connectivity index (χ0n) is 15.5. The third-order valence-corrected chi connectivity index (χ3v) is 4.81. The number of rotatable bonds is 4. The first-order valence-corrected chi connectivity index (χ1v) is 9.26. The molecular formula is C22H19N5O. The summed E-state index contributed by atoms with van der Waals surface area (Å²) in [5, 5.41) is 7.17. The number of hydrogen-bond donors (Lipinski definition) is 1. The molecule has 0 aliphatic carbocycles. The molecule has 2 aromatic carbocycles. The second-order valence-electron chi connectivity index (χ2n) is 6.78. The van der Waals surface area contributed by atoms with Crippen molar-refractivity contribution in [2.24, 2.45) is 0 Å². The van der Waals surface area contributed by atoms with E-state index < -0.39 is 0 Å². The molecule has 0 amide bonds. The Balaban J connectivity index is 1.59. The van der Waals surface area contributed by atoms with Gasteiger partial charge in [0.15, 0.2) is 5.82 Å². The molecule has 1 aliphatic rings. The first kappa shape index (κ1) is 16.5. The van der Waals surface area contributed by atoms with Crippen LogP contribution in [0.2, 0.25) is 0 Å². The molecule has 6 heteroatoms. The van der Waals surface area contributed by atoms with Crippen molar-refractivity contribution in [3.8, 4) is 11.3 Å². The second kappa shape index (κ2) is 6.81. The molecule has 1 N–H and O–H groups in total. The van der Waals surface area contributed by atoms with Gasteiger partial charge in [0.05, 0.1) is 5.69 Å². The number of nitrogens with one attached hydrogen (secondary N) is 1. The van der Waals surface area contributed by atoms with Crippen LogP contribution in [0.3, 0.4) is 0 Å². The average molecular weight is 369 g/mol. The molecule has 4 aromatic rings. The Labute approximate surface area is 162 Å². The Morgan fingerprint density at radius 1 is 0.964 bits per heavy atom. The number of nitrogens with zero attached hydrogens (tertiary/aromatic N) is 4. The Bertz CT molecular complexity index is 1120. The molecule has 0 saturated heterocycles. The highest BCUT2D eigenvalue weighted by molar-refractivity contribution is 5.72. The van der Waals surface area contributed by atoms with Crippen LogP contribution in [0.1, 0.15) is 11.3 Å². The molecule has 1 aliphatic heterocycles. The minimum absolute atomic E-state index is 0.494. The van der Waals surface area contributed by atoms with Crippen molar-refractivity contribution >= 4 is 23.3 Å². The molecule has 6 nitrogen and oxygen atoms in total. The predicted octanol–water partition coefficient (Wildman–Crippen LogP) is 4.88. The van der Waals surface area contributed by atoms with Gasteiger partial charge in [-0.05, 0) is 25.0 Å². The molecule has 2 aromatic heterocycles. The summed E-state index contributed by atoms with van der Waals surface area (Å²) in [5.74, 6) is 2.68. The van der Waals surface area contributed by atoms with E-state index in [9.17, 15) is 0 Å². The van der Waals surface area contributed by atoms with Gasteiger partial charge < -0.3 is 14.7 Å². The summed E-state index contributed by atoms with van der Waals surface area (Å²) in [6, 6.07) is 22.4. The third-order valence-electron chi connectivity index (χ3n) is 4.81. The Morgan fingerprint density at radius 3 is 2.61 bits per heavy atom. The van der Waals surface area contributed by atoms with Gasteiger partial charge in [-0.25, -0.2) is 4.98 Å². The third kappa shape index (κ3) is 3.09. The Kier molecular flexibility index (Phi) is 4.01. The molecule has 3 heterocycles. The van der Waals surface area contributed by atoms with Crippen molar-refractivity contribution in [2.45, 2.75) is 13.3 Å². The lowest BCUT2D eigenvalue weighted by molar-refractivity contribution is 0.400. The maximum atomic E-state index is 5.15. The van der Waals surface area contributed by atoms with Gasteiger partial charge in [-0.1, -0.05) is 53.7 Å². The maximum absolute atomic E-state index is 5.15. The van der Waals surface area contributed by atoms with E-state index >= 15 is 0 Å². The predicted molar refractivity (Wildman–Crippen MR) is 109 cm³/mol. The molecule has 138 valence electrons. The van der Waals surface area contributed by atoms with Crippen LogP contribution in [0.4, 0.5) is 23.3 Å². The van der Waals surface area contributed by atoms with Gasteiger partial charge in [0.2, 0.25) is 5.95 Å². The van der Waals surface area contributed by atoms with Crippen molar-refractivity contribution in [3.05, 3.63) is 78.1 Å². The monoisotopic (exact) mass is 369 g/mol. The Morgan fingerprint density at radius 2 is 1.79 bits per heavy atom. The zero-order valence-corrected chi connectivity index (χ0v) is 15.5. The van der Waals surface area contributed by atoms with Gasteiger partial charge >= 0.3 is 0 Å². The quantitative estimate of drug-likeness (QED) is 0.553. The second-order valence-corrected chi connectivity index (χ2v) is 6.78.